The molecule has 0 amide bonds. The first-order chi connectivity index (χ1) is 9.05. The van der Waals surface area contributed by atoms with Crippen molar-refractivity contribution in [2.24, 2.45) is 17.3 Å². The molecule has 0 bridgehead atoms. The van der Waals surface area contributed by atoms with Crippen LogP contribution in [0.15, 0.2) is 36.4 Å². The van der Waals surface area contributed by atoms with Gasteiger partial charge in [-0.2, -0.15) is 5.26 Å². The molecule has 0 aromatic heterocycles. The fraction of sp³-hybridized carbons (Fsp3) is 0.412. The Hall–Kier alpha value is -1.88. The molecule has 98 valence electrons. The summed E-state index contributed by atoms with van der Waals surface area (Å²) in [5, 5.41) is 8.76. The van der Waals surface area contributed by atoms with Crippen LogP contribution < -0.4 is 0 Å². The maximum atomic E-state index is 12.2. The van der Waals surface area contributed by atoms with Crippen LogP contribution in [0, 0.1) is 28.6 Å². The van der Waals surface area contributed by atoms with E-state index in [0.717, 1.165) is 12.0 Å². The normalized spacial score (nSPS) is 24.7. The number of rotatable bonds is 4. The lowest BCUT2D eigenvalue weighted by Gasteiger charge is -2.50. The quantitative estimate of drug-likeness (QED) is 0.765. The highest BCUT2D eigenvalue weighted by atomic mass is 16.1. The Balaban J connectivity index is 1.99. The number of carbonyl (C=O) groups excluding carboxylic acids is 1. The number of nitrogens with zero attached hydrogens (tertiary/aromatic N) is 1. The molecule has 2 heteroatoms. The lowest BCUT2D eigenvalue weighted by molar-refractivity contribution is -0.132. The topological polar surface area (TPSA) is 40.9 Å². The van der Waals surface area contributed by atoms with Crippen molar-refractivity contribution < 1.29 is 4.79 Å². The summed E-state index contributed by atoms with van der Waals surface area (Å²) in [4.78, 5) is 12.2. The standard InChI is InChI=1S/C17H19NO/c1-17(2)14(10-11-18)12-15(17)16(19)9-8-13-6-4-3-5-7-13/h3-9,14-15H,10,12H2,1-2H3/b9-8+/t14-,15+/m0/s1. The summed E-state index contributed by atoms with van der Waals surface area (Å²) in [5.74, 6) is 0.602. The molecule has 0 heterocycles. The van der Waals surface area contributed by atoms with Crippen LogP contribution in [-0.2, 0) is 4.79 Å². The average Bonchev–Trinajstić information content (AvgIpc) is 2.41. The van der Waals surface area contributed by atoms with E-state index < -0.39 is 0 Å². The van der Waals surface area contributed by atoms with E-state index in [2.05, 4.69) is 19.9 Å². The van der Waals surface area contributed by atoms with Gasteiger partial charge in [0.05, 0.1) is 6.07 Å². The summed E-state index contributed by atoms with van der Waals surface area (Å²) in [6.07, 6.45) is 4.96. The first-order valence-corrected chi connectivity index (χ1v) is 6.69. The molecule has 1 aromatic rings. The zero-order chi connectivity index (χ0) is 13.9. The maximum Gasteiger partial charge on any atom is 0.159 e. The third-order valence-electron chi connectivity index (χ3n) is 4.39. The second kappa shape index (κ2) is 5.40. The van der Waals surface area contributed by atoms with Crippen molar-refractivity contribution in [3.63, 3.8) is 0 Å². The first kappa shape index (κ1) is 13.5. The smallest absolute Gasteiger partial charge is 0.159 e. The molecule has 19 heavy (non-hydrogen) atoms. The van der Waals surface area contributed by atoms with Gasteiger partial charge in [-0.05, 0) is 29.4 Å². The lowest BCUT2D eigenvalue weighted by Crippen LogP contribution is -2.48. The summed E-state index contributed by atoms with van der Waals surface area (Å²) < 4.78 is 0. The van der Waals surface area contributed by atoms with Crippen molar-refractivity contribution in [2.75, 3.05) is 0 Å². The summed E-state index contributed by atoms with van der Waals surface area (Å²) in [6, 6.07) is 12.1. The minimum Gasteiger partial charge on any atom is -0.295 e. The Bertz CT molecular complexity index is 522. The van der Waals surface area contributed by atoms with Gasteiger partial charge in [-0.1, -0.05) is 50.3 Å². The van der Waals surface area contributed by atoms with Gasteiger partial charge < -0.3 is 0 Å². The monoisotopic (exact) mass is 253 g/mol. The lowest BCUT2D eigenvalue weighted by atomic mass is 9.52. The zero-order valence-electron chi connectivity index (χ0n) is 11.5. The second-order valence-corrected chi connectivity index (χ2v) is 5.82. The minimum absolute atomic E-state index is 0.0478. The zero-order valence-corrected chi connectivity index (χ0v) is 11.5. The molecule has 2 nitrogen and oxygen atoms in total. The molecule has 1 aliphatic carbocycles. The number of carbonyl (C=O) groups is 1. The van der Waals surface area contributed by atoms with E-state index in [9.17, 15) is 4.79 Å². The SMILES string of the molecule is CC1(C)[C@@H](CC#N)C[C@@H]1C(=O)/C=C/c1ccccc1. The highest BCUT2D eigenvalue weighted by Crippen LogP contribution is 2.53. The first-order valence-electron chi connectivity index (χ1n) is 6.69. The van der Waals surface area contributed by atoms with E-state index >= 15 is 0 Å². The van der Waals surface area contributed by atoms with Crippen molar-refractivity contribution in [1.82, 2.24) is 0 Å². The molecule has 0 radical (unpaired) electrons. The van der Waals surface area contributed by atoms with Crippen molar-refractivity contribution >= 4 is 11.9 Å². The Morgan fingerprint density at radius 2 is 2.11 bits per heavy atom. The van der Waals surface area contributed by atoms with Gasteiger partial charge in [-0.3, -0.25) is 4.79 Å². The van der Waals surface area contributed by atoms with Crippen molar-refractivity contribution in [3.8, 4) is 6.07 Å². The number of hydrogen-bond acceptors (Lipinski definition) is 2. The Labute approximate surface area is 114 Å². The number of hydrogen-bond donors (Lipinski definition) is 0. The van der Waals surface area contributed by atoms with Crippen molar-refractivity contribution in [1.29, 1.82) is 5.26 Å². The number of nitriles is 1. The molecule has 0 unspecified atom stereocenters. The highest BCUT2D eigenvalue weighted by molar-refractivity contribution is 5.96. The Kier molecular flexibility index (Phi) is 3.85. The molecular formula is C17H19NO. The van der Waals surface area contributed by atoms with Crippen LogP contribution in [0.5, 0.6) is 0 Å². The van der Waals surface area contributed by atoms with Crippen LogP contribution >= 0.6 is 0 Å². The predicted octanol–water partition coefficient (Wildman–Crippen LogP) is 3.84. The van der Waals surface area contributed by atoms with Crippen LogP contribution in [0.25, 0.3) is 6.08 Å². The molecule has 2 rings (SSSR count). The molecule has 1 aliphatic rings. The minimum atomic E-state index is -0.0478. The average molecular weight is 253 g/mol. The summed E-state index contributed by atoms with van der Waals surface area (Å²) in [5.41, 5.74) is 0.995. The van der Waals surface area contributed by atoms with Crippen LogP contribution in [0.3, 0.4) is 0 Å². The van der Waals surface area contributed by atoms with Crippen LogP contribution in [0.4, 0.5) is 0 Å². The predicted molar refractivity (Wildman–Crippen MR) is 76.1 cm³/mol. The molecule has 0 saturated heterocycles. The second-order valence-electron chi connectivity index (χ2n) is 5.82. The van der Waals surface area contributed by atoms with Crippen LogP contribution in [0.2, 0.25) is 0 Å². The van der Waals surface area contributed by atoms with Gasteiger partial charge in [-0.25, -0.2) is 0 Å². The molecule has 1 fully saturated rings. The third kappa shape index (κ3) is 2.76. The molecular weight excluding hydrogens is 234 g/mol. The number of benzene rings is 1. The number of ketones is 1. The maximum absolute atomic E-state index is 12.2. The van der Waals surface area contributed by atoms with E-state index in [4.69, 9.17) is 5.26 Å². The van der Waals surface area contributed by atoms with E-state index in [-0.39, 0.29) is 17.1 Å². The molecule has 2 atom stereocenters. The van der Waals surface area contributed by atoms with Gasteiger partial charge in [0, 0.05) is 12.3 Å². The van der Waals surface area contributed by atoms with Gasteiger partial charge in [-0.15, -0.1) is 0 Å². The fourth-order valence-corrected chi connectivity index (χ4v) is 2.81. The Morgan fingerprint density at radius 3 is 2.68 bits per heavy atom. The van der Waals surface area contributed by atoms with E-state index in [0.29, 0.717) is 12.3 Å². The van der Waals surface area contributed by atoms with E-state index in [1.807, 2.05) is 36.4 Å². The molecule has 1 aromatic carbocycles. The molecule has 0 N–H and O–H groups in total. The highest BCUT2D eigenvalue weighted by Gasteiger charge is 2.50. The van der Waals surface area contributed by atoms with Gasteiger partial charge in [0.15, 0.2) is 5.78 Å². The fourth-order valence-electron chi connectivity index (χ4n) is 2.81. The van der Waals surface area contributed by atoms with Gasteiger partial charge >= 0.3 is 0 Å². The molecule has 0 aliphatic heterocycles. The number of allylic oxidation sites excluding steroid dienone is 1. The van der Waals surface area contributed by atoms with Crippen molar-refractivity contribution in [2.45, 2.75) is 26.7 Å². The molecule has 0 spiro atoms. The largest absolute Gasteiger partial charge is 0.295 e. The van der Waals surface area contributed by atoms with Gasteiger partial charge in [0.2, 0.25) is 0 Å². The van der Waals surface area contributed by atoms with Crippen LogP contribution in [0.1, 0.15) is 32.3 Å². The summed E-state index contributed by atoms with van der Waals surface area (Å²) >= 11 is 0. The summed E-state index contributed by atoms with van der Waals surface area (Å²) in [6.45, 7) is 4.19. The van der Waals surface area contributed by atoms with Crippen molar-refractivity contribution in [3.05, 3.63) is 42.0 Å². The third-order valence-corrected chi connectivity index (χ3v) is 4.39. The van der Waals surface area contributed by atoms with E-state index in [1.165, 1.54) is 0 Å². The van der Waals surface area contributed by atoms with E-state index in [1.54, 1.807) is 6.08 Å². The Morgan fingerprint density at radius 1 is 1.42 bits per heavy atom. The van der Waals surface area contributed by atoms with Gasteiger partial charge in [0.1, 0.15) is 0 Å². The van der Waals surface area contributed by atoms with Crippen LogP contribution in [-0.4, -0.2) is 5.78 Å². The molecule has 1 saturated carbocycles. The summed E-state index contributed by atoms with van der Waals surface area (Å²) in [7, 11) is 0. The van der Waals surface area contributed by atoms with Gasteiger partial charge in [0.25, 0.3) is 0 Å².